The van der Waals surface area contributed by atoms with Gasteiger partial charge in [-0.25, -0.2) is 0 Å². The maximum absolute atomic E-state index is 6.42. The Morgan fingerprint density at radius 3 is 2.48 bits per heavy atom. The van der Waals surface area contributed by atoms with E-state index in [4.69, 9.17) is 11.6 Å². The first kappa shape index (κ1) is 20.5. The van der Waals surface area contributed by atoms with E-state index in [1.807, 2.05) is 13.8 Å². The van der Waals surface area contributed by atoms with E-state index < -0.39 is 0 Å². The first-order chi connectivity index (χ1) is 10.8. The van der Waals surface area contributed by atoms with Gasteiger partial charge in [-0.05, 0) is 55.0 Å². The maximum atomic E-state index is 6.42. The van der Waals surface area contributed by atoms with Crippen LogP contribution in [0.25, 0.3) is 0 Å². The smallest absolute Gasteiger partial charge is 0.0453 e. The van der Waals surface area contributed by atoms with Crippen molar-refractivity contribution in [2.45, 2.75) is 54.5 Å². The Morgan fingerprint density at radius 1 is 1.26 bits per heavy atom. The van der Waals surface area contributed by atoms with Gasteiger partial charge in [-0.1, -0.05) is 58.4 Å². The van der Waals surface area contributed by atoms with Crippen molar-refractivity contribution in [3.63, 3.8) is 0 Å². The largest absolute Gasteiger partial charge is 0.316 e. The lowest BCUT2D eigenvalue weighted by molar-refractivity contribution is 0.163. The summed E-state index contributed by atoms with van der Waals surface area (Å²) in [7, 11) is 0. The third-order valence-electron chi connectivity index (χ3n) is 3.98. The van der Waals surface area contributed by atoms with Crippen LogP contribution in [0.3, 0.4) is 0 Å². The molecule has 1 heterocycles. The number of hydrogen-bond acceptors (Lipinski definition) is 2. The van der Waals surface area contributed by atoms with Gasteiger partial charge in [-0.15, -0.1) is 0 Å². The van der Waals surface area contributed by atoms with E-state index in [2.05, 4.69) is 56.1 Å². The van der Waals surface area contributed by atoms with E-state index in [0.717, 1.165) is 37.1 Å². The Morgan fingerprint density at radius 2 is 1.96 bits per heavy atom. The monoisotopic (exact) mass is 338 g/mol. The highest BCUT2D eigenvalue weighted by Gasteiger charge is 2.22. The van der Waals surface area contributed by atoms with Crippen LogP contribution >= 0.6 is 11.6 Å². The predicted molar refractivity (Wildman–Crippen MR) is 103 cm³/mol. The molecule has 0 amide bonds. The minimum Gasteiger partial charge on any atom is -0.316 e. The highest BCUT2D eigenvalue weighted by Crippen LogP contribution is 2.24. The topological polar surface area (TPSA) is 15.3 Å². The van der Waals surface area contributed by atoms with Crippen LogP contribution in [0.1, 0.15) is 52.2 Å². The van der Waals surface area contributed by atoms with Crippen molar-refractivity contribution < 1.29 is 0 Å². The lowest BCUT2D eigenvalue weighted by Crippen LogP contribution is -2.36. The molecule has 1 atom stereocenters. The molecule has 132 valence electrons. The van der Waals surface area contributed by atoms with Crippen LogP contribution in [0, 0.1) is 18.3 Å². The molecule has 1 aromatic carbocycles. The van der Waals surface area contributed by atoms with Gasteiger partial charge < -0.3 is 5.32 Å². The van der Waals surface area contributed by atoms with Gasteiger partial charge in [0.1, 0.15) is 0 Å². The van der Waals surface area contributed by atoms with Crippen LogP contribution in [-0.2, 0) is 6.54 Å². The number of benzene rings is 1. The fourth-order valence-corrected chi connectivity index (χ4v) is 3.41. The molecule has 0 bridgehead atoms. The number of aryl methyl sites for hydroxylation is 1. The summed E-state index contributed by atoms with van der Waals surface area (Å²) in [5, 5.41) is 4.37. The van der Waals surface area contributed by atoms with Gasteiger partial charge in [0.05, 0.1) is 0 Å². The van der Waals surface area contributed by atoms with Gasteiger partial charge >= 0.3 is 0 Å². The van der Waals surface area contributed by atoms with Crippen LogP contribution < -0.4 is 5.32 Å². The van der Waals surface area contributed by atoms with Crippen LogP contribution in [0.4, 0.5) is 0 Å². The normalized spacial score (nSPS) is 18.0. The summed E-state index contributed by atoms with van der Waals surface area (Å²) in [6.07, 6.45) is 1.29. The molecule has 2 nitrogen and oxygen atoms in total. The number of nitrogens with one attached hydrogen (secondary N) is 1. The number of halogens is 1. The highest BCUT2D eigenvalue weighted by molar-refractivity contribution is 6.31. The molecule has 1 N–H and O–H groups in total. The molecule has 1 aliphatic rings. The molecule has 23 heavy (non-hydrogen) atoms. The van der Waals surface area contributed by atoms with Crippen molar-refractivity contribution >= 4 is 11.6 Å². The zero-order chi connectivity index (χ0) is 17.5. The molecule has 1 aromatic rings. The molecule has 0 radical (unpaired) electrons. The average molecular weight is 339 g/mol. The average Bonchev–Trinajstić information content (AvgIpc) is 2.95. The Hall–Kier alpha value is -0.570. The molecule has 0 aromatic heterocycles. The fraction of sp³-hybridized carbons (Fsp3) is 0.700. The Kier molecular flexibility index (Phi) is 8.60. The number of rotatable bonds is 5. The Labute approximate surface area is 148 Å². The van der Waals surface area contributed by atoms with E-state index in [-0.39, 0.29) is 0 Å². The Balaban J connectivity index is 0.00000127. The summed E-state index contributed by atoms with van der Waals surface area (Å²) < 4.78 is 0. The first-order valence-corrected chi connectivity index (χ1v) is 9.39. The third kappa shape index (κ3) is 7.69. The molecule has 2 rings (SSSR count). The zero-order valence-electron chi connectivity index (χ0n) is 15.9. The van der Waals surface area contributed by atoms with Crippen molar-refractivity contribution in [1.29, 1.82) is 0 Å². The van der Waals surface area contributed by atoms with E-state index in [9.17, 15) is 0 Å². The summed E-state index contributed by atoms with van der Waals surface area (Å²) in [5.74, 6) is 0.775. The summed E-state index contributed by atoms with van der Waals surface area (Å²) >= 11 is 6.42. The van der Waals surface area contributed by atoms with Gasteiger partial charge in [0.25, 0.3) is 0 Å². The van der Waals surface area contributed by atoms with E-state index in [0.29, 0.717) is 5.41 Å². The van der Waals surface area contributed by atoms with Crippen molar-refractivity contribution in [2.75, 3.05) is 26.2 Å². The molecular formula is C20H35ClN2. The SMILES string of the molecule is CC.Cc1ccc(CN(C[C@H]2CCNC2)CC(C)(C)C)c(Cl)c1. The lowest BCUT2D eigenvalue weighted by atomic mass is 9.95. The van der Waals surface area contributed by atoms with Crippen molar-refractivity contribution in [2.24, 2.45) is 11.3 Å². The van der Waals surface area contributed by atoms with E-state index in [1.165, 1.54) is 24.1 Å². The molecular weight excluding hydrogens is 304 g/mol. The van der Waals surface area contributed by atoms with Gasteiger partial charge in [0.2, 0.25) is 0 Å². The standard InChI is InChI=1S/C18H29ClN2.C2H6/c1-14-5-6-16(17(19)9-14)12-21(13-18(2,3)4)11-15-7-8-20-10-15;1-2/h5-6,9,15,20H,7-8,10-13H2,1-4H3;1-2H3/t15-;/m0./s1. The predicted octanol–water partition coefficient (Wildman–Crippen LogP) is 5.13. The number of hydrogen-bond donors (Lipinski definition) is 1. The molecule has 1 fully saturated rings. The summed E-state index contributed by atoms with van der Waals surface area (Å²) in [5.41, 5.74) is 2.78. The quantitative estimate of drug-likeness (QED) is 0.800. The minimum atomic E-state index is 0.309. The first-order valence-electron chi connectivity index (χ1n) is 9.01. The maximum Gasteiger partial charge on any atom is 0.0453 e. The van der Waals surface area contributed by atoms with Crippen molar-refractivity contribution in [3.05, 3.63) is 34.3 Å². The second-order valence-electron chi connectivity index (χ2n) is 7.68. The number of nitrogens with zero attached hydrogens (tertiary/aromatic N) is 1. The zero-order valence-corrected chi connectivity index (χ0v) is 16.6. The van der Waals surface area contributed by atoms with Crippen LogP contribution in [-0.4, -0.2) is 31.1 Å². The van der Waals surface area contributed by atoms with Crippen LogP contribution in [0.5, 0.6) is 0 Å². The highest BCUT2D eigenvalue weighted by atomic mass is 35.5. The van der Waals surface area contributed by atoms with E-state index in [1.54, 1.807) is 0 Å². The summed E-state index contributed by atoms with van der Waals surface area (Å²) in [4.78, 5) is 2.58. The Bertz CT molecular complexity index is 459. The van der Waals surface area contributed by atoms with Gasteiger partial charge in [0.15, 0.2) is 0 Å². The van der Waals surface area contributed by atoms with Gasteiger partial charge in [-0.3, -0.25) is 4.90 Å². The van der Waals surface area contributed by atoms with Crippen molar-refractivity contribution in [3.8, 4) is 0 Å². The van der Waals surface area contributed by atoms with Crippen LogP contribution in [0.15, 0.2) is 18.2 Å². The second-order valence-corrected chi connectivity index (χ2v) is 8.09. The lowest BCUT2D eigenvalue weighted by Gasteiger charge is -2.32. The summed E-state index contributed by atoms with van der Waals surface area (Å²) in [6.45, 7) is 18.6. The molecule has 0 spiro atoms. The van der Waals surface area contributed by atoms with Crippen molar-refractivity contribution in [1.82, 2.24) is 10.2 Å². The molecule has 0 unspecified atom stereocenters. The molecule has 0 aliphatic carbocycles. The molecule has 0 saturated carbocycles. The van der Waals surface area contributed by atoms with Gasteiger partial charge in [-0.2, -0.15) is 0 Å². The van der Waals surface area contributed by atoms with Crippen LogP contribution in [0.2, 0.25) is 5.02 Å². The molecule has 3 heteroatoms. The fourth-order valence-electron chi connectivity index (χ4n) is 3.11. The summed E-state index contributed by atoms with van der Waals surface area (Å²) in [6, 6.07) is 6.41. The molecule has 1 saturated heterocycles. The van der Waals surface area contributed by atoms with E-state index >= 15 is 0 Å². The second kappa shape index (κ2) is 9.66. The minimum absolute atomic E-state index is 0.309. The third-order valence-corrected chi connectivity index (χ3v) is 4.33. The molecule has 1 aliphatic heterocycles. The van der Waals surface area contributed by atoms with Gasteiger partial charge in [0, 0.05) is 24.7 Å².